The lowest BCUT2D eigenvalue weighted by Gasteiger charge is -2.36. The summed E-state index contributed by atoms with van der Waals surface area (Å²) in [5.74, 6) is -0.00882. The Bertz CT molecular complexity index is 485. The van der Waals surface area contributed by atoms with E-state index in [4.69, 9.17) is 23.2 Å². The summed E-state index contributed by atoms with van der Waals surface area (Å²) >= 11 is 11.9. The third-order valence-electron chi connectivity index (χ3n) is 4.05. The number of benzene rings is 1. The van der Waals surface area contributed by atoms with Crippen molar-refractivity contribution >= 4 is 34.8 Å². The highest BCUT2D eigenvalue weighted by atomic mass is 35.5. The Morgan fingerprint density at radius 2 is 1.95 bits per heavy atom. The zero-order chi connectivity index (χ0) is 14.6. The Kier molecular flexibility index (Phi) is 5.30. The molecule has 0 unspecified atom stereocenters. The number of amides is 1. The van der Waals surface area contributed by atoms with Crippen LogP contribution in [0.5, 0.6) is 0 Å². The van der Waals surface area contributed by atoms with Crippen LogP contribution in [0.25, 0.3) is 0 Å². The van der Waals surface area contributed by atoms with Crippen molar-refractivity contribution in [2.24, 2.45) is 0 Å². The van der Waals surface area contributed by atoms with E-state index in [1.54, 1.807) is 18.2 Å². The molecule has 0 aliphatic heterocycles. The first kappa shape index (κ1) is 15.6. The predicted molar refractivity (Wildman–Crippen MR) is 84.6 cm³/mol. The summed E-state index contributed by atoms with van der Waals surface area (Å²) in [7, 11) is 1.94. The van der Waals surface area contributed by atoms with Crippen LogP contribution in [0.4, 0.5) is 5.69 Å². The van der Waals surface area contributed by atoms with Gasteiger partial charge in [-0.3, -0.25) is 4.79 Å². The van der Waals surface area contributed by atoms with E-state index in [1.165, 1.54) is 19.3 Å². The summed E-state index contributed by atoms with van der Waals surface area (Å²) in [5.41, 5.74) is 0.546. The monoisotopic (exact) mass is 314 g/mol. The second-order valence-electron chi connectivity index (χ2n) is 5.44. The van der Waals surface area contributed by atoms with Gasteiger partial charge in [-0.15, -0.1) is 0 Å². The van der Waals surface area contributed by atoms with E-state index in [-0.39, 0.29) is 11.4 Å². The van der Waals surface area contributed by atoms with Gasteiger partial charge in [-0.25, -0.2) is 0 Å². The molecule has 0 atom stereocenters. The van der Waals surface area contributed by atoms with Crippen molar-refractivity contribution in [1.29, 1.82) is 0 Å². The van der Waals surface area contributed by atoms with E-state index in [1.807, 2.05) is 7.05 Å². The molecule has 1 amide bonds. The number of carbonyl (C=O) groups is 1. The van der Waals surface area contributed by atoms with Gasteiger partial charge >= 0.3 is 0 Å². The molecule has 0 spiro atoms. The summed E-state index contributed by atoms with van der Waals surface area (Å²) in [6, 6.07) is 5.08. The highest BCUT2D eigenvalue weighted by Crippen LogP contribution is 2.32. The molecule has 0 saturated heterocycles. The SMILES string of the molecule is CNC1(CC(=O)Nc2ccc(Cl)cc2Cl)CCCCC1. The second-order valence-corrected chi connectivity index (χ2v) is 6.28. The summed E-state index contributed by atoms with van der Waals surface area (Å²) < 4.78 is 0. The van der Waals surface area contributed by atoms with Gasteiger partial charge in [0, 0.05) is 17.0 Å². The van der Waals surface area contributed by atoms with E-state index < -0.39 is 0 Å². The largest absolute Gasteiger partial charge is 0.325 e. The molecule has 0 heterocycles. The molecule has 1 saturated carbocycles. The highest BCUT2D eigenvalue weighted by Gasteiger charge is 2.32. The fourth-order valence-electron chi connectivity index (χ4n) is 2.84. The molecule has 1 aromatic carbocycles. The van der Waals surface area contributed by atoms with Gasteiger partial charge in [0.15, 0.2) is 0 Å². The second kappa shape index (κ2) is 6.79. The van der Waals surface area contributed by atoms with Crippen molar-refractivity contribution in [3.8, 4) is 0 Å². The Morgan fingerprint density at radius 1 is 1.25 bits per heavy atom. The van der Waals surface area contributed by atoms with Crippen LogP contribution in [0.2, 0.25) is 10.0 Å². The van der Waals surface area contributed by atoms with Crippen LogP contribution >= 0.6 is 23.2 Å². The smallest absolute Gasteiger partial charge is 0.226 e. The molecule has 20 heavy (non-hydrogen) atoms. The normalized spacial score (nSPS) is 17.8. The van der Waals surface area contributed by atoms with Gasteiger partial charge in [0.25, 0.3) is 0 Å². The van der Waals surface area contributed by atoms with Gasteiger partial charge < -0.3 is 10.6 Å². The van der Waals surface area contributed by atoms with Crippen LogP contribution in [0.1, 0.15) is 38.5 Å². The van der Waals surface area contributed by atoms with Crippen molar-refractivity contribution in [3.05, 3.63) is 28.2 Å². The highest BCUT2D eigenvalue weighted by molar-refractivity contribution is 6.36. The standard InChI is InChI=1S/C15H20Cl2N2O/c1-18-15(7-3-2-4-8-15)10-14(20)19-13-6-5-11(16)9-12(13)17/h5-6,9,18H,2-4,7-8,10H2,1H3,(H,19,20). The maximum atomic E-state index is 12.2. The van der Waals surface area contributed by atoms with Crippen LogP contribution in [0, 0.1) is 0 Å². The summed E-state index contributed by atoms with van der Waals surface area (Å²) in [6.07, 6.45) is 6.18. The van der Waals surface area contributed by atoms with E-state index in [0.29, 0.717) is 22.2 Å². The van der Waals surface area contributed by atoms with E-state index in [2.05, 4.69) is 10.6 Å². The molecular weight excluding hydrogens is 295 g/mol. The number of halogens is 2. The molecular formula is C15H20Cl2N2O. The Labute approximate surface area is 130 Å². The molecule has 0 radical (unpaired) electrons. The number of nitrogens with one attached hydrogen (secondary N) is 2. The molecule has 2 N–H and O–H groups in total. The van der Waals surface area contributed by atoms with Crippen LogP contribution in [-0.4, -0.2) is 18.5 Å². The van der Waals surface area contributed by atoms with Crippen LogP contribution in [-0.2, 0) is 4.79 Å². The lowest BCUT2D eigenvalue weighted by molar-refractivity contribution is -0.117. The van der Waals surface area contributed by atoms with E-state index in [9.17, 15) is 4.79 Å². The van der Waals surface area contributed by atoms with E-state index in [0.717, 1.165) is 12.8 Å². The third-order valence-corrected chi connectivity index (χ3v) is 4.59. The first-order valence-electron chi connectivity index (χ1n) is 6.98. The fraction of sp³-hybridized carbons (Fsp3) is 0.533. The van der Waals surface area contributed by atoms with Gasteiger partial charge in [0.2, 0.25) is 5.91 Å². The van der Waals surface area contributed by atoms with Crippen molar-refractivity contribution in [2.75, 3.05) is 12.4 Å². The zero-order valence-electron chi connectivity index (χ0n) is 11.6. The maximum absolute atomic E-state index is 12.2. The Morgan fingerprint density at radius 3 is 2.55 bits per heavy atom. The summed E-state index contributed by atoms with van der Waals surface area (Å²) in [5, 5.41) is 7.24. The minimum atomic E-state index is -0.0682. The molecule has 1 fully saturated rings. The number of hydrogen-bond acceptors (Lipinski definition) is 2. The van der Waals surface area contributed by atoms with Crippen molar-refractivity contribution in [3.63, 3.8) is 0 Å². The first-order valence-corrected chi connectivity index (χ1v) is 7.74. The number of carbonyl (C=O) groups excluding carboxylic acids is 1. The van der Waals surface area contributed by atoms with Crippen molar-refractivity contribution in [1.82, 2.24) is 5.32 Å². The quantitative estimate of drug-likeness (QED) is 0.872. The lowest BCUT2D eigenvalue weighted by atomic mass is 9.79. The van der Waals surface area contributed by atoms with Gasteiger partial charge in [-0.1, -0.05) is 42.5 Å². The maximum Gasteiger partial charge on any atom is 0.226 e. The van der Waals surface area contributed by atoms with Crippen molar-refractivity contribution in [2.45, 2.75) is 44.1 Å². The van der Waals surface area contributed by atoms with Crippen molar-refractivity contribution < 1.29 is 4.79 Å². The number of hydrogen-bond donors (Lipinski definition) is 2. The molecule has 0 bridgehead atoms. The fourth-order valence-corrected chi connectivity index (χ4v) is 3.29. The molecule has 0 aromatic heterocycles. The third kappa shape index (κ3) is 3.87. The van der Waals surface area contributed by atoms with Crippen LogP contribution < -0.4 is 10.6 Å². The average Bonchev–Trinajstić information content (AvgIpc) is 2.43. The zero-order valence-corrected chi connectivity index (χ0v) is 13.2. The van der Waals surface area contributed by atoms with Crippen LogP contribution in [0.15, 0.2) is 18.2 Å². The first-order chi connectivity index (χ1) is 9.54. The Hall–Kier alpha value is -0.770. The van der Waals surface area contributed by atoms with Crippen LogP contribution in [0.3, 0.4) is 0 Å². The molecule has 110 valence electrons. The molecule has 1 aliphatic rings. The van der Waals surface area contributed by atoms with E-state index >= 15 is 0 Å². The number of rotatable bonds is 4. The molecule has 5 heteroatoms. The van der Waals surface area contributed by atoms with Gasteiger partial charge in [-0.2, -0.15) is 0 Å². The summed E-state index contributed by atoms with van der Waals surface area (Å²) in [4.78, 5) is 12.2. The average molecular weight is 315 g/mol. The van der Waals surface area contributed by atoms with Gasteiger partial charge in [0.1, 0.15) is 0 Å². The molecule has 3 nitrogen and oxygen atoms in total. The predicted octanol–water partition coefficient (Wildman–Crippen LogP) is 4.24. The lowest BCUT2D eigenvalue weighted by Crippen LogP contribution is -2.47. The molecule has 2 rings (SSSR count). The topological polar surface area (TPSA) is 41.1 Å². The molecule has 1 aliphatic carbocycles. The minimum Gasteiger partial charge on any atom is -0.325 e. The molecule has 1 aromatic rings. The van der Waals surface area contributed by atoms with Gasteiger partial charge in [0.05, 0.1) is 10.7 Å². The Balaban J connectivity index is 2.00. The van der Waals surface area contributed by atoms with Gasteiger partial charge in [-0.05, 0) is 38.1 Å². The summed E-state index contributed by atoms with van der Waals surface area (Å²) in [6.45, 7) is 0. The minimum absolute atomic E-state index is 0.00882. The number of anilines is 1.